The van der Waals surface area contributed by atoms with Crippen molar-refractivity contribution in [2.75, 3.05) is 0 Å². The first kappa shape index (κ1) is 12.8. The molecule has 0 spiro atoms. The highest BCUT2D eigenvalue weighted by Crippen LogP contribution is 2.24. The van der Waals surface area contributed by atoms with Crippen LogP contribution in [-0.2, 0) is 0 Å². The largest absolute Gasteiger partial charge is 0.271 e. The molecule has 3 nitrogen and oxygen atoms in total. The van der Waals surface area contributed by atoms with Crippen molar-refractivity contribution in [1.29, 1.82) is 0 Å². The summed E-state index contributed by atoms with van der Waals surface area (Å²) in [6.07, 6.45) is 4.53. The molecular weight excluding hydrogens is 224 g/mol. The standard InChI is InChI=1S/C15H20N2O/c1-3-12-8-6-10-14(12)16-17-15(18)13-9-5-4-7-11(13)2/h4-5,7,9,12H,3,6,8,10H2,1-2H3,(H,17,18)/t12-/m0/s1. The topological polar surface area (TPSA) is 41.5 Å². The monoisotopic (exact) mass is 244 g/mol. The molecule has 3 heteroatoms. The Morgan fingerprint density at radius 3 is 2.94 bits per heavy atom. The number of hydrazone groups is 1. The predicted octanol–water partition coefficient (Wildman–Crippen LogP) is 3.29. The molecule has 1 aliphatic rings. The number of benzene rings is 1. The van der Waals surface area contributed by atoms with Crippen LogP contribution in [0, 0.1) is 12.8 Å². The van der Waals surface area contributed by atoms with Crippen molar-refractivity contribution in [3.05, 3.63) is 35.4 Å². The summed E-state index contributed by atoms with van der Waals surface area (Å²) >= 11 is 0. The van der Waals surface area contributed by atoms with Crippen molar-refractivity contribution in [3.8, 4) is 0 Å². The van der Waals surface area contributed by atoms with Gasteiger partial charge in [-0.1, -0.05) is 25.1 Å². The molecule has 96 valence electrons. The van der Waals surface area contributed by atoms with Crippen LogP contribution < -0.4 is 5.43 Å². The molecule has 1 aliphatic carbocycles. The minimum absolute atomic E-state index is 0.109. The quantitative estimate of drug-likeness (QED) is 0.814. The van der Waals surface area contributed by atoms with Crippen molar-refractivity contribution in [2.45, 2.75) is 39.5 Å². The van der Waals surface area contributed by atoms with Crippen molar-refractivity contribution in [2.24, 2.45) is 11.0 Å². The fourth-order valence-corrected chi connectivity index (χ4v) is 2.50. The Hall–Kier alpha value is -1.64. The van der Waals surface area contributed by atoms with Gasteiger partial charge in [-0.05, 0) is 50.2 Å². The maximum Gasteiger partial charge on any atom is 0.271 e. The predicted molar refractivity (Wildman–Crippen MR) is 73.7 cm³/mol. The lowest BCUT2D eigenvalue weighted by molar-refractivity contribution is 0.0954. The number of carbonyl (C=O) groups excluding carboxylic acids is 1. The second-order valence-electron chi connectivity index (χ2n) is 4.86. The molecule has 0 heterocycles. The van der Waals surface area contributed by atoms with Gasteiger partial charge in [0.05, 0.1) is 0 Å². The summed E-state index contributed by atoms with van der Waals surface area (Å²) in [6, 6.07) is 7.57. The van der Waals surface area contributed by atoms with E-state index < -0.39 is 0 Å². The van der Waals surface area contributed by atoms with Crippen molar-refractivity contribution < 1.29 is 4.79 Å². The molecule has 1 aromatic carbocycles. The number of nitrogens with one attached hydrogen (secondary N) is 1. The molecule has 1 N–H and O–H groups in total. The Morgan fingerprint density at radius 1 is 1.44 bits per heavy atom. The summed E-state index contributed by atoms with van der Waals surface area (Å²) in [6.45, 7) is 4.11. The molecule has 1 saturated carbocycles. The lowest BCUT2D eigenvalue weighted by Gasteiger charge is -2.08. The molecule has 0 aromatic heterocycles. The van der Waals surface area contributed by atoms with Gasteiger partial charge in [0, 0.05) is 11.3 Å². The highest BCUT2D eigenvalue weighted by molar-refractivity contribution is 5.97. The highest BCUT2D eigenvalue weighted by Gasteiger charge is 2.21. The zero-order valence-electron chi connectivity index (χ0n) is 11.1. The van der Waals surface area contributed by atoms with Crippen LogP contribution >= 0.6 is 0 Å². The Bertz CT molecular complexity index is 465. The van der Waals surface area contributed by atoms with E-state index in [1.807, 2.05) is 31.2 Å². The number of nitrogens with zero attached hydrogens (tertiary/aromatic N) is 1. The zero-order chi connectivity index (χ0) is 13.0. The lowest BCUT2D eigenvalue weighted by atomic mass is 10.0. The normalized spacial score (nSPS) is 21.2. The molecule has 0 radical (unpaired) electrons. The summed E-state index contributed by atoms with van der Waals surface area (Å²) in [7, 11) is 0. The van der Waals surface area contributed by atoms with Crippen LogP contribution in [0.2, 0.25) is 0 Å². The molecule has 1 atom stereocenters. The summed E-state index contributed by atoms with van der Waals surface area (Å²) in [5, 5.41) is 4.31. The smallest absolute Gasteiger partial charge is 0.267 e. The highest BCUT2D eigenvalue weighted by atomic mass is 16.2. The van der Waals surface area contributed by atoms with E-state index in [-0.39, 0.29) is 5.91 Å². The Kier molecular flexibility index (Phi) is 4.13. The third-order valence-electron chi connectivity index (χ3n) is 3.64. The molecule has 1 amide bonds. The molecule has 0 bridgehead atoms. The SMILES string of the molecule is CC[C@H]1CCCC1=NNC(=O)c1ccccc1C. The second kappa shape index (κ2) is 5.80. The summed E-state index contributed by atoms with van der Waals surface area (Å²) in [5.74, 6) is 0.449. The Balaban J connectivity index is 2.04. The van der Waals surface area contributed by atoms with Crippen LogP contribution in [0.5, 0.6) is 0 Å². The third kappa shape index (κ3) is 2.78. The van der Waals surface area contributed by atoms with Crippen LogP contribution in [0.1, 0.15) is 48.5 Å². The van der Waals surface area contributed by atoms with Crippen LogP contribution in [0.25, 0.3) is 0 Å². The number of hydrogen-bond acceptors (Lipinski definition) is 2. The molecule has 0 aliphatic heterocycles. The van der Waals surface area contributed by atoms with Crippen LogP contribution in [0.15, 0.2) is 29.4 Å². The Labute approximate surface area is 108 Å². The molecule has 2 rings (SSSR count). The fourth-order valence-electron chi connectivity index (χ4n) is 2.50. The number of rotatable bonds is 3. The van der Waals surface area contributed by atoms with Gasteiger partial charge in [-0.2, -0.15) is 5.10 Å². The van der Waals surface area contributed by atoms with E-state index >= 15 is 0 Å². The first-order chi connectivity index (χ1) is 8.72. The van der Waals surface area contributed by atoms with E-state index in [4.69, 9.17) is 0 Å². The molecule has 0 saturated heterocycles. The minimum atomic E-state index is -0.109. The van der Waals surface area contributed by atoms with E-state index in [1.165, 1.54) is 12.8 Å². The first-order valence-corrected chi connectivity index (χ1v) is 6.64. The fraction of sp³-hybridized carbons (Fsp3) is 0.467. The third-order valence-corrected chi connectivity index (χ3v) is 3.64. The second-order valence-corrected chi connectivity index (χ2v) is 4.86. The molecular formula is C15H20N2O. The van der Waals surface area contributed by atoms with Gasteiger partial charge in [-0.25, -0.2) is 5.43 Å². The van der Waals surface area contributed by atoms with Gasteiger partial charge in [-0.15, -0.1) is 0 Å². The Morgan fingerprint density at radius 2 is 2.22 bits per heavy atom. The van der Waals surface area contributed by atoms with E-state index in [0.29, 0.717) is 11.5 Å². The lowest BCUT2D eigenvalue weighted by Crippen LogP contribution is -2.21. The summed E-state index contributed by atoms with van der Waals surface area (Å²) in [4.78, 5) is 12.0. The zero-order valence-corrected chi connectivity index (χ0v) is 11.1. The molecule has 18 heavy (non-hydrogen) atoms. The van der Waals surface area contributed by atoms with E-state index in [1.54, 1.807) is 0 Å². The number of amides is 1. The number of aryl methyl sites for hydroxylation is 1. The van der Waals surface area contributed by atoms with Crippen LogP contribution in [0.4, 0.5) is 0 Å². The van der Waals surface area contributed by atoms with Gasteiger partial charge in [0.15, 0.2) is 0 Å². The summed E-state index contributed by atoms with van der Waals surface area (Å²) < 4.78 is 0. The van der Waals surface area contributed by atoms with Gasteiger partial charge < -0.3 is 0 Å². The summed E-state index contributed by atoms with van der Waals surface area (Å²) in [5.41, 5.74) is 5.53. The van der Waals surface area contributed by atoms with Crippen LogP contribution in [0.3, 0.4) is 0 Å². The van der Waals surface area contributed by atoms with E-state index in [2.05, 4.69) is 17.5 Å². The van der Waals surface area contributed by atoms with Gasteiger partial charge in [0.2, 0.25) is 0 Å². The molecule has 1 fully saturated rings. The molecule has 0 unspecified atom stereocenters. The average Bonchev–Trinajstić information content (AvgIpc) is 2.84. The molecule has 1 aromatic rings. The van der Waals surface area contributed by atoms with Gasteiger partial charge >= 0.3 is 0 Å². The maximum absolute atomic E-state index is 12.0. The van der Waals surface area contributed by atoms with E-state index in [9.17, 15) is 4.79 Å². The first-order valence-electron chi connectivity index (χ1n) is 6.64. The van der Waals surface area contributed by atoms with Gasteiger partial charge in [-0.3, -0.25) is 4.79 Å². The van der Waals surface area contributed by atoms with Gasteiger partial charge in [0.1, 0.15) is 0 Å². The van der Waals surface area contributed by atoms with Crippen molar-refractivity contribution >= 4 is 11.6 Å². The minimum Gasteiger partial charge on any atom is -0.267 e. The average molecular weight is 244 g/mol. The van der Waals surface area contributed by atoms with Crippen LogP contribution in [-0.4, -0.2) is 11.6 Å². The maximum atomic E-state index is 12.0. The number of carbonyl (C=O) groups is 1. The number of hydrogen-bond donors (Lipinski definition) is 1. The van der Waals surface area contributed by atoms with E-state index in [0.717, 1.165) is 24.1 Å². The van der Waals surface area contributed by atoms with Crippen molar-refractivity contribution in [3.63, 3.8) is 0 Å². The van der Waals surface area contributed by atoms with Crippen molar-refractivity contribution in [1.82, 2.24) is 5.43 Å². The van der Waals surface area contributed by atoms with Gasteiger partial charge in [0.25, 0.3) is 5.91 Å².